The van der Waals surface area contributed by atoms with Gasteiger partial charge in [0.1, 0.15) is 0 Å². The molecule has 0 amide bonds. The number of hydrogen-bond acceptors (Lipinski definition) is 2. The van der Waals surface area contributed by atoms with Crippen molar-refractivity contribution in [3.8, 4) is 0 Å². The van der Waals surface area contributed by atoms with Crippen LogP contribution in [0.2, 0.25) is 0 Å². The van der Waals surface area contributed by atoms with Crippen molar-refractivity contribution in [3.63, 3.8) is 0 Å². The second kappa shape index (κ2) is 2.46. The maximum Gasteiger partial charge on any atom is 0.0794 e. The molecule has 0 aliphatic heterocycles. The van der Waals surface area contributed by atoms with Gasteiger partial charge in [0.15, 0.2) is 0 Å². The lowest BCUT2D eigenvalue weighted by Crippen LogP contribution is -0.870. The Balaban J connectivity index is 3.51. The molecule has 0 heterocycles. The van der Waals surface area contributed by atoms with E-state index in [1.807, 2.05) is 0 Å². The van der Waals surface area contributed by atoms with Crippen molar-refractivity contribution in [2.24, 2.45) is 0 Å². The Morgan fingerprint density at radius 2 is 1.50 bits per heavy atom. The molecule has 0 unspecified atom stereocenters. The second-order valence-electron chi connectivity index (χ2n) is 0.213. The molecule has 0 aliphatic rings. The topological polar surface area (TPSA) is 0 Å². The molecule has 0 aromatic heterocycles. The van der Waals surface area contributed by atoms with E-state index in [2.05, 4.69) is 39.1 Å². The van der Waals surface area contributed by atoms with Gasteiger partial charge in [0.05, 0.1) is 4.17 Å². The van der Waals surface area contributed by atoms with Crippen molar-refractivity contribution in [1.29, 1.82) is 0 Å². The molecular formula is BrPS2. The van der Waals surface area contributed by atoms with Gasteiger partial charge in [-0.05, 0) is 39.1 Å². The lowest BCUT2D eigenvalue weighted by molar-refractivity contribution is 5.91. The third-order valence-electron chi connectivity index (χ3n) is 0. The Hall–Kier alpha value is 1.22. The molecule has 0 saturated carbocycles. The van der Waals surface area contributed by atoms with Crippen LogP contribution in [0.25, 0.3) is 0 Å². The zero-order valence-corrected chi connectivity index (χ0v) is 5.76. The molecule has 0 fully saturated rings. The first kappa shape index (κ1) is 5.22. The average Bonchev–Trinajstić information content (AvgIpc) is 0.811. The fourth-order valence-electron chi connectivity index (χ4n) is 0. The molecular weight excluding hydrogens is 175 g/mol. The molecule has 0 saturated heterocycles. The molecule has 0 rings (SSSR count). The van der Waals surface area contributed by atoms with Crippen molar-refractivity contribution in [1.82, 2.24) is 0 Å². The Morgan fingerprint density at radius 1 is 1.50 bits per heavy atom. The summed E-state index contributed by atoms with van der Waals surface area (Å²) in [5, 5.41) is 0. The van der Waals surface area contributed by atoms with E-state index < -0.39 is 4.17 Å². The van der Waals surface area contributed by atoms with E-state index in [1.165, 1.54) is 0 Å². The molecule has 0 radical (unpaired) electrons. The number of rotatable bonds is 0. The summed E-state index contributed by atoms with van der Waals surface area (Å²) in [6.45, 7) is 0. The summed E-state index contributed by atoms with van der Waals surface area (Å²) in [5.41, 5.74) is 0. The SMILES string of the molecule is S=P(=S)Br. The minimum atomic E-state index is -0.641. The maximum absolute atomic E-state index is 4.42. The summed E-state index contributed by atoms with van der Waals surface area (Å²) in [7, 11) is 0. The third-order valence-corrected chi connectivity index (χ3v) is 0. The number of hydrogen-bond donors (Lipinski definition) is 0. The Bertz CT molecular complexity index is 54.4. The zero-order valence-electron chi connectivity index (χ0n) is 1.64. The summed E-state index contributed by atoms with van der Waals surface area (Å²) in [6.07, 6.45) is 0. The van der Waals surface area contributed by atoms with Crippen molar-refractivity contribution in [2.45, 2.75) is 0 Å². The van der Waals surface area contributed by atoms with E-state index in [4.69, 9.17) is 0 Å². The van der Waals surface area contributed by atoms with Crippen molar-refractivity contribution in [2.75, 3.05) is 0 Å². The highest BCUT2D eigenvalue weighted by atomic mass is 79.9. The molecule has 24 valence electrons. The highest BCUT2D eigenvalue weighted by molar-refractivity contribution is 9.42. The van der Waals surface area contributed by atoms with Crippen LogP contribution in [-0.2, 0) is 23.6 Å². The Kier molecular flexibility index (Phi) is 3.21. The van der Waals surface area contributed by atoms with E-state index in [0.717, 1.165) is 0 Å². The molecule has 0 bridgehead atoms. The van der Waals surface area contributed by atoms with Crippen LogP contribution in [0, 0.1) is 0 Å². The van der Waals surface area contributed by atoms with E-state index in [0.29, 0.717) is 0 Å². The molecule has 0 N–H and O–H groups in total. The van der Waals surface area contributed by atoms with Gasteiger partial charge in [-0.1, -0.05) is 0 Å². The summed E-state index contributed by atoms with van der Waals surface area (Å²) < 4.78 is -0.641. The zero-order chi connectivity index (χ0) is 3.58. The lowest BCUT2D eigenvalue weighted by Gasteiger charge is -1.38. The summed E-state index contributed by atoms with van der Waals surface area (Å²) in [5.74, 6) is 0. The first-order chi connectivity index (χ1) is 1.73. The number of halogens is 1. The van der Waals surface area contributed by atoms with Crippen molar-refractivity contribution in [3.05, 3.63) is 0 Å². The molecule has 4 heteroatoms. The van der Waals surface area contributed by atoms with Crippen LogP contribution in [0.5, 0.6) is 0 Å². The largest absolute Gasteiger partial charge is 0.0794 e. The van der Waals surface area contributed by atoms with Gasteiger partial charge in [0.25, 0.3) is 0 Å². The molecule has 0 aromatic rings. The van der Waals surface area contributed by atoms with Gasteiger partial charge in [0.2, 0.25) is 0 Å². The van der Waals surface area contributed by atoms with E-state index in [-0.39, 0.29) is 0 Å². The van der Waals surface area contributed by atoms with E-state index in [9.17, 15) is 0 Å². The second-order valence-corrected chi connectivity index (χ2v) is 8.47. The van der Waals surface area contributed by atoms with Gasteiger partial charge in [-0.25, -0.2) is 0 Å². The first-order valence-electron chi connectivity index (χ1n) is 0.534. The average molecular weight is 175 g/mol. The van der Waals surface area contributed by atoms with Crippen molar-refractivity contribution >= 4 is 43.3 Å². The van der Waals surface area contributed by atoms with Gasteiger partial charge < -0.3 is 0 Å². The molecule has 0 aromatic carbocycles. The van der Waals surface area contributed by atoms with Crippen LogP contribution in [0.15, 0.2) is 0 Å². The quantitative estimate of drug-likeness (QED) is 0.514. The molecule has 0 spiro atoms. The highest BCUT2D eigenvalue weighted by Crippen LogP contribution is 2.12. The predicted octanol–water partition coefficient (Wildman–Crippen LogP) is 1.70. The predicted molar refractivity (Wildman–Crippen MR) is 30.6 cm³/mol. The summed E-state index contributed by atoms with van der Waals surface area (Å²) >= 11 is 11.8. The minimum Gasteiger partial charge on any atom is -0.0382 e. The van der Waals surface area contributed by atoms with Crippen molar-refractivity contribution < 1.29 is 0 Å². The fraction of sp³-hybridized carbons (Fsp3) is 0. The molecule has 0 aliphatic carbocycles. The van der Waals surface area contributed by atoms with Crippen LogP contribution in [-0.4, -0.2) is 0 Å². The van der Waals surface area contributed by atoms with Crippen LogP contribution in [0.1, 0.15) is 0 Å². The lowest BCUT2D eigenvalue weighted by atomic mass is 30.4. The van der Waals surface area contributed by atoms with Gasteiger partial charge >= 0.3 is 0 Å². The van der Waals surface area contributed by atoms with Crippen LogP contribution in [0.3, 0.4) is 0 Å². The van der Waals surface area contributed by atoms with Gasteiger partial charge in [-0.2, -0.15) is 0 Å². The highest BCUT2D eigenvalue weighted by Gasteiger charge is 1.45. The minimum absolute atomic E-state index is 0.641. The van der Waals surface area contributed by atoms with Gasteiger partial charge in [-0.3, -0.25) is 0 Å². The van der Waals surface area contributed by atoms with Crippen LogP contribution < -0.4 is 0 Å². The normalized spacial score (nSPS) is 6.25. The van der Waals surface area contributed by atoms with E-state index in [1.54, 1.807) is 0 Å². The van der Waals surface area contributed by atoms with Crippen LogP contribution in [0.4, 0.5) is 0 Å². The fourth-order valence-corrected chi connectivity index (χ4v) is 0. The van der Waals surface area contributed by atoms with E-state index >= 15 is 0 Å². The Morgan fingerprint density at radius 3 is 1.50 bits per heavy atom. The van der Waals surface area contributed by atoms with Crippen LogP contribution >= 0.6 is 19.7 Å². The Labute approximate surface area is 43.4 Å². The molecule has 0 atom stereocenters. The summed E-state index contributed by atoms with van der Waals surface area (Å²) in [4.78, 5) is 0. The molecule has 0 nitrogen and oxygen atoms in total. The maximum atomic E-state index is 4.42. The monoisotopic (exact) mass is 174 g/mol. The standard InChI is InChI=1S/BrPS2/c1-2(3)4. The smallest absolute Gasteiger partial charge is 0.0382 e. The third kappa shape index (κ3) is 10.7. The first-order valence-corrected chi connectivity index (χ1v) is 5.92. The molecule has 4 heavy (non-hydrogen) atoms. The summed E-state index contributed by atoms with van der Waals surface area (Å²) in [6, 6.07) is 0. The van der Waals surface area contributed by atoms with Gasteiger partial charge in [0, 0.05) is 0 Å². The van der Waals surface area contributed by atoms with Gasteiger partial charge in [-0.15, -0.1) is 0 Å².